The number of aromatic amines is 1. The predicted molar refractivity (Wildman–Crippen MR) is 68.7 cm³/mol. The second kappa shape index (κ2) is 5.40. The van der Waals surface area contributed by atoms with Crippen LogP contribution < -0.4 is 11.2 Å². The molecule has 0 spiro atoms. The highest BCUT2D eigenvalue weighted by Gasteiger charge is 2.22. The zero-order valence-electron chi connectivity index (χ0n) is 10.8. The summed E-state index contributed by atoms with van der Waals surface area (Å²) in [5, 5.41) is 8.93. The Labute approximate surface area is 109 Å². The van der Waals surface area contributed by atoms with Crippen molar-refractivity contribution in [3.05, 3.63) is 32.6 Å². The highest BCUT2D eigenvalue weighted by atomic mass is 16.4. The first-order valence-corrected chi connectivity index (χ1v) is 6.34. The summed E-state index contributed by atoms with van der Waals surface area (Å²) in [4.78, 5) is 38.4. The van der Waals surface area contributed by atoms with Crippen molar-refractivity contribution in [2.45, 2.75) is 25.8 Å². The van der Waals surface area contributed by atoms with Crippen molar-refractivity contribution in [3.8, 4) is 0 Å². The van der Waals surface area contributed by atoms with Gasteiger partial charge in [0.15, 0.2) is 0 Å². The Bertz CT molecular complexity index is 589. The number of likely N-dealkylation sites (tertiary alicyclic amines) is 1. The molecular formula is C12H17N3O4. The minimum atomic E-state index is -1.32. The van der Waals surface area contributed by atoms with E-state index in [9.17, 15) is 14.4 Å². The molecule has 2 rings (SSSR count). The number of aromatic carboxylic acids is 1. The molecule has 104 valence electrons. The van der Waals surface area contributed by atoms with Crippen LogP contribution in [-0.4, -0.2) is 45.2 Å². The fourth-order valence-corrected chi connectivity index (χ4v) is 2.45. The largest absolute Gasteiger partial charge is 0.477 e. The molecule has 7 nitrogen and oxygen atoms in total. The average molecular weight is 267 g/mol. The number of hydrogen-bond donors (Lipinski definition) is 2. The number of carboxylic acid groups (broad SMARTS) is 1. The zero-order valence-corrected chi connectivity index (χ0v) is 10.8. The Morgan fingerprint density at radius 1 is 1.53 bits per heavy atom. The van der Waals surface area contributed by atoms with Crippen molar-refractivity contribution in [2.75, 3.05) is 19.6 Å². The first-order chi connectivity index (χ1) is 9.02. The maximum atomic E-state index is 11.8. The van der Waals surface area contributed by atoms with Gasteiger partial charge in [-0.25, -0.2) is 9.59 Å². The zero-order chi connectivity index (χ0) is 14.0. The topological polar surface area (TPSA) is 95.4 Å². The van der Waals surface area contributed by atoms with Crippen LogP contribution in [0.3, 0.4) is 0 Å². The van der Waals surface area contributed by atoms with E-state index in [0.29, 0.717) is 6.54 Å². The molecule has 1 fully saturated rings. The van der Waals surface area contributed by atoms with Crippen LogP contribution in [0.5, 0.6) is 0 Å². The van der Waals surface area contributed by atoms with Gasteiger partial charge >= 0.3 is 11.7 Å². The Hall–Kier alpha value is -1.89. The van der Waals surface area contributed by atoms with Gasteiger partial charge in [-0.05, 0) is 25.9 Å². The first kappa shape index (κ1) is 13.5. The molecule has 1 aromatic rings. The number of nitrogens with one attached hydrogen (secondary N) is 1. The minimum Gasteiger partial charge on any atom is -0.477 e. The lowest BCUT2D eigenvalue weighted by atomic mass is 10.1. The van der Waals surface area contributed by atoms with Crippen LogP contribution in [0.4, 0.5) is 0 Å². The number of carboxylic acids is 1. The molecule has 0 radical (unpaired) electrons. The van der Waals surface area contributed by atoms with Crippen molar-refractivity contribution in [3.63, 3.8) is 0 Å². The van der Waals surface area contributed by atoms with E-state index in [-0.39, 0.29) is 6.04 Å². The molecule has 0 bridgehead atoms. The van der Waals surface area contributed by atoms with Crippen molar-refractivity contribution in [2.24, 2.45) is 0 Å². The molecule has 0 aromatic carbocycles. The third-order valence-corrected chi connectivity index (χ3v) is 3.52. The number of carbonyl (C=O) groups is 1. The van der Waals surface area contributed by atoms with E-state index in [0.717, 1.165) is 32.1 Å². The highest BCUT2D eigenvalue weighted by molar-refractivity contribution is 5.86. The maximum absolute atomic E-state index is 11.8. The fraction of sp³-hybridized carbons (Fsp3) is 0.583. The normalized spacial score (nSPS) is 20.4. The third-order valence-electron chi connectivity index (χ3n) is 3.52. The van der Waals surface area contributed by atoms with Gasteiger partial charge < -0.3 is 10.0 Å². The Morgan fingerprint density at radius 2 is 2.26 bits per heavy atom. The van der Waals surface area contributed by atoms with E-state index in [1.807, 2.05) is 6.92 Å². The summed E-state index contributed by atoms with van der Waals surface area (Å²) < 4.78 is 1.34. The molecule has 1 aromatic heterocycles. The molecule has 1 unspecified atom stereocenters. The summed E-state index contributed by atoms with van der Waals surface area (Å²) >= 11 is 0. The Balaban J connectivity index is 2.39. The van der Waals surface area contributed by atoms with Crippen LogP contribution >= 0.6 is 0 Å². The molecular weight excluding hydrogens is 250 g/mol. The average Bonchev–Trinajstić information content (AvgIpc) is 2.38. The Kier molecular flexibility index (Phi) is 3.84. The van der Waals surface area contributed by atoms with Gasteiger partial charge in [0.1, 0.15) is 5.56 Å². The molecule has 2 N–H and O–H groups in total. The second-order valence-electron chi connectivity index (χ2n) is 4.70. The molecule has 1 aliphatic heterocycles. The van der Waals surface area contributed by atoms with Crippen molar-refractivity contribution in [1.29, 1.82) is 0 Å². The van der Waals surface area contributed by atoms with E-state index < -0.39 is 22.8 Å². The Morgan fingerprint density at radius 3 is 2.89 bits per heavy atom. The minimum absolute atomic E-state index is 0.0869. The van der Waals surface area contributed by atoms with Crippen molar-refractivity contribution < 1.29 is 9.90 Å². The molecule has 0 saturated carbocycles. The molecule has 1 atom stereocenters. The van der Waals surface area contributed by atoms with E-state index >= 15 is 0 Å². The SMILES string of the molecule is CCN1CCCC(n2cc(C(=O)O)c(=O)[nH]c2=O)C1. The smallest absolute Gasteiger partial charge is 0.342 e. The van der Waals surface area contributed by atoms with Gasteiger partial charge in [-0.3, -0.25) is 14.3 Å². The molecule has 0 aliphatic carbocycles. The molecule has 0 amide bonds. The van der Waals surface area contributed by atoms with Gasteiger partial charge in [0.05, 0.1) is 6.04 Å². The quantitative estimate of drug-likeness (QED) is 0.796. The number of piperidine rings is 1. The maximum Gasteiger partial charge on any atom is 0.342 e. The summed E-state index contributed by atoms with van der Waals surface area (Å²) in [6, 6.07) is -0.0869. The van der Waals surface area contributed by atoms with Crippen molar-refractivity contribution in [1.82, 2.24) is 14.5 Å². The van der Waals surface area contributed by atoms with Gasteiger partial charge in [0, 0.05) is 12.7 Å². The number of rotatable bonds is 3. The lowest BCUT2D eigenvalue weighted by molar-refractivity contribution is 0.0693. The number of likely N-dealkylation sites (N-methyl/N-ethyl adjacent to an activating group) is 1. The summed E-state index contributed by atoms with van der Waals surface area (Å²) in [7, 11) is 0. The van der Waals surface area contributed by atoms with Gasteiger partial charge in [0.25, 0.3) is 5.56 Å². The molecule has 1 saturated heterocycles. The van der Waals surface area contributed by atoms with Gasteiger partial charge in [-0.1, -0.05) is 6.92 Å². The van der Waals surface area contributed by atoms with Crippen LogP contribution in [-0.2, 0) is 0 Å². The van der Waals surface area contributed by atoms with E-state index in [1.54, 1.807) is 0 Å². The fourth-order valence-electron chi connectivity index (χ4n) is 2.45. The summed E-state index contributed by atoms with van der Waals surface area (Å²) in [5.41, 5.74) is -1.79. The number of H-pyrrole nitrogens is 1. The third kappa shape index (κ3) is 2.76. The number of hydrogen-bond acceptors (Lipinski definition) is 4. The second-order valence-corrected chi connectivity index (χ2v) is 4.70. The van der Waals surface area contributed by atoms with E-state index in [4.69, 9.17) is 5.11 Å². The lowest BCUT2D eigenvalue weighted by Gasteiger charge is -2.32. The van der Waals surface area contributed by atoms with Crippen LogP contribution in [0, 0.1) is 0 Å². The van der Waals surface area contributed by atoms with Crippen molar-refractivity contribution >= 4 is 5.97 Å². The van der Waals surface area contributed by atoms with Gasteiger partial charge in [-0.2, -0.15) is 0 Å². The summed E-state index contributed by atoms with van der Waals surface area (Å²) in [5.74, 6) is -1.32. The molecule has 1 aliphatic rings. The highest BCUT2D eigenvalue weighted by Crippen LogP contribution is 2.19. The monoisotopic (exact) mass is 267 g/mol. The summed E-state index contributed by atoms with van der Waals surface area (Å²) in [6.45, 7) is 4.61. The van der Waals surface area contributed by atoms with Crippen LogP contribution in [0.1, 0.15) is 36.2 Å². The lowest BCUT2D eigenvalue weighted by Crippen LogP contribution is -2.42. The van der Waals surface area contributed by atoms with Crippen LogP contribution in [0.25, 0.3) is 0 Å². The van der Waals surface area contributed by atoms with Crippen LogP contribution in [0.2, 0.25) is 0 Å². The standard InChI is InChI=1S/C12H17N3O4/c1-2-14-5-3-4-8(6-14)15-7-9(11(17)18)10(16)13-12(15)19/h7-8H,2-6H2,1H3,(H,17,18)(H,13,16,19). The molecule has 7 heteroatoms. The summed E-state index contributed by atoms with van der Waals surface area (Å²) in [6.07, 6.45) is 2.92. The van der Waals surface area contributed by atoms with E-state index in [1.165, 1.54) is 4.57 Å². The van der Waals surface area contributed by atoms with Gasteiger partial charge in [-0.15, -0.1) is 0 Å². The van der Waals surface area contributed by atoms with Crippen LogP contribution in [0.15, 0.2) is 15.8 Å². The first-order valence-electron chi connectivity index (χ1n) is 6.34. The molecule has 2 heterocycles. The number of nitrogens with zero attached hydrogens (tertiary/aromatic N) is 2. The number of aromatic nitrogens is 2. The van der Waals surface area contributed by atoms with E-state index in [2.05, 4.69) is 9.88 Å². The predicted octanol–water partition coefficient (Wildman–Crippen LogP) is -0.108. The molecule has 19 heavy (non-hydrogen) atoms. The van der Waals surface area contributed by atoms with Gasteiger partial charge in [0.2, 0.25) is 0 Å².